The first-order valence-electron chi connectivity index (χ1n) is 6.39. The van der Waals surface area contributed by atoms with Crippen molar-refractivity contribution in [3.63, 3.8) is 0 Å². The molecule has 6 heteroatoms. The lowest BCUT2D eigenvalue weighted by atomic mass is 10.2. The molecular weight excluding hydrogens is 276 g/mol. The topological polar surface area (TPSA) is 50.7 Å². The van der Waals surface area contributed by atoms with E-state index in [4.69, 9.17) is 0 Å². The van der Waals surface area contributed by atoms with Crippen LogP contribution < -0.4 is 5.32 Å². The second-order valence-corrected chi connectivity index (χ2v) is 6.17. The van der Waals surface area contributed by atoms with Gasteiger partial charge in [-0.1, -0.05) is 19.9 Å². The van der Waals surface area contributed by atoms with Crippen molar-refractivity contribution in [2.24, 2.45) is 0 Å². The zero-order chi connectivity index (χ0) is 13.7. The van der Waals surface area contributed by atoms with Gasteiger partial charge in [0.2, 0.25) is 0 Å². The standard InChI is InChI=1S/C13H18N4S2/c1-4-11-16-13(19-17-11)18-12-9(3)6-10(8-15-12)7-14-5-2/h6,8,14H,4-5,7H2,1-3H3. The summed E-state index contributed by atoms with van der Waals surface area (Å²) >= 11 is 3.04. The van der Waals surface area contributed by atoms with Crippen LogP contribution in [-0.4, -0.2) is 20.9 Å². The molecule has 0 radical (unpaired) electrons. The average molecular weight is 294 g/mol. The van der Waals surface area contributed by atoms with E-state index in [-0.39, 0.29) is 0 Å². The maximum atomic E-state index is 4.52. The second-order valence-electron chi connectivity index (χ2n) is 4.18. The molecule has 4 nitrogen and oxygen atoms in total. The molecule has 2 aromatic rings. The van der Waals surface area contributed by atoms with Crippen molar-refractivity contribution >= 4 is 23.3 Å². The molecule has 0 spiro atoms. The van der Waals surface area contributed by atoms with Crippen molar-refractivity contribution in [3.05, 3.63) is 29.2 Å². The minimum atomic E-state index is 0.869. The van der Waals surface area contributed by atoms with E-state index < -0.39 is 0 Å². The van der Waals surface area contributed by atoms with Crippen molar-refractivity contribution in [2.75, 3.05) is 6.54 Å². The molecule has 0 aliphatic heterocycles. The molecule has 0 amide bonds. The normalized spacial score (nSPS) is 10.9. The molecule has 2 aromatic heterocycles. The molecule has 0 aliphatic carbocycles. The molecule has 102 valence electrons. The fourth-order valence-corrected chi connectivity index (χ4v) is 3.24. The highest BCUT2D eigenvalue weighted by Gasteiger charge is 2.08. The van der Waals surface area contributed by atoms with Crippen LogP contribution in [0.3, 0.4) is 0 Å². The van der Waals surface area contributed by atoms with Gasteiger partial charge in [-0.15, -0.1) is 0 Å². The summed E-state index contributed by atoms with van der Waals surface area (Å²) in [5.41, 5.74) is 2.41. The fraction of sp³-hybridized carbons (Fsp3) is 0.462. The number of hydrogen-bond donors (Lipinski definition) is 1. The summed E-state index contributed by atoms with van der Waals surface area (Å²) < 4.78 is 5.26. The summed E-state index contributed by atoms with van der Waals surface area (Å²) in [5.74, 6) is 0.911. The van der Waals surface area contributed by atoms with E-state index in [1.165, 1.54) is 22.7 Å². The molecule has 0 atom stereocenters. The van der Waals surface area contributed by atoms with Crippen LogP contribution in [0.25, 0.3) is 0 Å². The van der Waals surface area contributed by atoms with E-state index in [9.17, 15) is 0 Å². The third-order valence-electron chi connectivity index (χ3n) is 2.62. The SMILES string of the molecule is CCNCc1cnc(Sc2nc(CC)ns2)c(C)c1. The van der Waals surface area contributed by atoms with Crippen molar-refractivity contribution in [1.82, 2.24) is 19.7 Å². The van der Waals surface area contributed by atoms with Gasteiger partial charge >= 0.3 is 0 Å². The highest BCUT2D eigenvalue weighted by Crippen LogP contribution is 2.30. The number of aryl methyl sites for hydroxylation is 2. The lowest BCUT2D eigenvalue weighted by Crippen LogP contribution is -2.12. The first-order chi connectivity index (χ1) is 9.22. The van der Waals surface area contributed by atoms with Crippen LogP contribution in [0, 0.1) is 6.92 Å². The van der Waals surface area contributed by atoms with Crippen LogP contribution in [0.4, 0.5) is 0 Å². The van der Waals surface area contributed by atoms with E-state index in [0.717, 1.165) is 34.7 Å². The van der Waals surface area contributed by atoms with Crippen molar-refractivity contribution < 1.29 is 0 Å². The molecule has 0 fully saturated rings. The molecule has 19 heavy (non-hydrogen) atoms. The Bertz CT molecular complexity index is 539. The Morgan fingerprint density at radius 2 is 2.21 bits per heavy atom. The van der Waals surface area contributed by atoms with Gasteiger partial charge in [0.25, 0.3) is 0 Å². The molecule has 0 unspecified atom stereocenters. The molecule has 2 heterocycles. The summed E-state index contributed by atoms with van der Waals surface area (Å²) in [6.45, 7) is 8.10. The monoisotopic (exact) mass is 294 g/mol. The Morgan fingerprint density at radius 1 is 1.37 bits per heavy atom. The number of aromatic nitrogens is 3. The van der Waals surface area contributed by atoms with Crippen LogP contribution in [0.5, 0.6) is 0 Å². The van der Waals surface area contributed by atoms with Crippen molar-refractivity contribution in [1.29, 1.82) is 0 Å². The quantitative estimate of drug-likeness (QED) is 0.887. The number of nitrogens with zero attached hydrogens (tertiary/aromatic N) is 3. The number of hydrogen-bond acceptors (Lipinski definition) is 6. The molecule has 0 saturated heterocycles. The third-order valence-corrected chi connectivity index (χ3v) is 4.53. The van der Waals surface area contributed by atoms with Gasteiger partial charge in [0.05, 0.1) is 0 Å². The lowest BCUT2D eigenvalue weighted by molar-refractivity contribution is 0.721. The first-order valence-corrected chi connectivity index (χ1v) is 7.98. The van der Waals surface area contributed by atoms with Crippen molar-refractivity contribution in [3.8, 4) is 0 Å². The smallest absolute Gasteiger partial charge is 0.176 e. The third kappa shape index (κ3) is 3.99. The van der Waals surface area contributed by atoms with Gasteiger partial charge in [-0.25, -0.2) is 9.97 Å². The van der Waals surface area contributed by atoms with E-state index in [2.05, 4.69) is 46.5 Å². The molecule has 0 saturated carbocycles. The van der Waals surface area contributed by atoms with Crippen LogP contribution in [0.15, 0.2) is 21.6 Å². The maximum absolute atomic E-state index is 4.52. The minimum Gasteiger partial charge on any atom is -0.313 e. The average Bonchev–Trinajstić information content (AvgIpc) is 2.87. The van der Waals surface area contributed by atoms with E-state index in [1.807, 2.05) is 6.20 Å². The summed E-state index contributed by atoms with van der Waals surface area (Å²) in [6, 6.07) is 2.18. The number of rotatable bonds is 6. The summed E-state index contributed by atoms with van der Waals surface area (Å²) in [5, 5.41) is 4.32. The molecule has 2 rings (SSSR count). The minimum absolute atomic E-state index is 0.869. The Labute approximate surface area is 122 Å². The van der Waals surface area contributed by atoms with Gasteiger partial charge in [-0.05, 0) is 47.9 Å². The van der Waals surface area contributed by atoms with Crippen LogP contribution in [-0.2, 0) is 13.0 Å². The molecule has 0 aromatic carbocycles. The highest BCUT2D eigenvalue weighted by molar-refractivity contribution is 8.00. The Hall–Kier alpha value is -0.980. The molecule has 1 N–H and O–H groups in total. The zero-order valence-corrected chi connectivity index (χ0v) is 13.1. The maximum Gasteiger partial charge on any atom is 0.176 e. The second kappa shape index (κ2) is 6.98. The van der Waals surface area contributed by atoms with Crippen molar-refractivity contribution in [2.45, 2.75) is 43.1 Å². The number of nitrogens with one attached hydrogen (secondary N) is 1. The fourth-order valence-electron chi connectivity index (χ4n) is 1.60. The summed E-state index contributed by atoms with van der Waals surface area (Å²) in [4.78, 5) is 8.98. The van der Waals surface area contributed by atoms with Gasteiger partial charge in [-0.3, -0.25) is 0 Å². The Balaban J connectivity index is 2.08. The Kier molecular flexibility index (Phi) is 5.30. The van der Waals surface area contributed by atoms with Gasteiger partial charge in [-0.2, -0.15) is 4.37 Å². The lowest BCUT2D eigenvalue weighted by Gasteiger charge is -2.06. The largest absolute Gasteiger partial charge is 0.313 e. The number of pyridine rings is 1. The molecular formula is C13H18N4S2. The summed E-state index contributed by atoms with van der Waals surface area (Å²) in [7, 11) is 0. The predicted molar refractivity (Wildman–Crippen MR) is 79.8 cm³/mol. The van der Waals surface area contributed by atoms with Gasteiger partial charge in [0, 0.05) is 19.2 Å². The first kappa shape index (κ1) is 14.4. The molecule has 0 aliphatic rings. The van der Waals surface area contributed by atoms with E-state index >= 15 is 0 Å². The van der Waals surface area contributed by atoms with Crippen LogP contribution in [0.1, 0.15) is 30.8 Å². The van der Waals surface area contributed by atoms with Gasteiger partial charge in [0.1, 0.15) is 10.9 Å². The van der Waals surface area contributed by atoms with E-state index in [1.54, 1.807) is 11.8 Å². The molecule has 0 bridgehead atoms. The van der Waals surface area contributed by atoms with Crippen LogP contribution in [0.2, 0.25) is 0 Å². The van der Waals surface area contributed by atoms with Gasteiger partial charge < -0.3 is 5.32 Å². The van der Waals surface area contributed by atoms with Gasteiger partial charge in [0.15, 0.2) is 4.34 Å². The highest BCUT2D eigenvalue weighted by atomic mass is 32.2. The predicted octanol–water partition coefficient (Wildman–Crippen LogP) is 3.06. The zero-order valence-electron chi connectivity index (χ0n) is 11.4. The summed E-state index contributed by atoms with van der Waals surface area (Å²) in [6.07, 6.45) is 2.81. The van der Waals surface area contributed by atoms with E-state index in [0.29, 0.717) is 0 Å². The van der Waals surface area contributed by atoms with Crippen LogP contribution >= 0.6 is 23.3 Å². The Morgan fingerprint density at radius 3 is 2.84 bits per heavy atom.